The van der Waals surface area contributed by atoms with Gasteiger partial charge in [0.2, 0.25) is 0 Å². The maximum absolute atomic E-state index is 12.2. The Kier molecular flexibility index (Phi) is 6.63. The molecule has 2 rings (SSSR count). The van der Waals surface area contributed by atoms with E-state index in [4.69, 9.17) is 0 Å². The van der Waals surface area contributed by atoms with Crippen LogP contribution in [0.1, 0.15) is 54.4 Å². The highest BCUT2D eigenvalue weighted by molar-refractivity contribution is 6.04. The molecule has 0 radical (unpaired) electrons. The molecular weight excluding hydrogens is 268 g/mol. The highest BCUT2D eigenvalue weighted by Gasteiger charge is 2.08. The smallest absolute Gasteiger partial charge is 0.185 e. The predicted octanol–water partition coefficient (Wildman–Crippen LogP) is 5.79. The molecular formula is C21H24O. The lowest BCUT2D eigenvalue weighted by molar-refractivity contribution is 0.104. The lowest BCUT2D eigenvalue weighted by Gasteiger charge is -2.13. The first-order valence-corrected chi connectivity index (χ1v) is 8.13. The van der Waals surface area contributed by atoms with E-state index in [0.29, 0.717) is 5.92 Å². The third-order valence-electron chi connectivity index (χ3n) is 3.88. The van der Waals surface area contributed by atoms with Crippen molar-refractivity contribution in [2.45, 2.75) is 38.5 Å². The van der Waals surface area contributed by atoms with Crippen LogP contribution in [0, 0.1) is 0 Å². The first-order valence-electron chi connectivity index (χ1n) is 8.13. The molecule has 0 aliphatic heterocycles. The monoisotopic (exact) mass is 292 g/mol. The van der Waals surface area contributed by atoms with Gasteiger partial charge in [-0.15, -0.1) is 0 Å². The van der Waals surface area contributed by atoms with Gasteiger partial charge in [-0.25, -0.2) is 0 Å². The summed E-state index contributed by atoms with van der Waals surface area (Å²) in [6, 6.07) is 19.9. The summed E-state index contributed by atoms with van der Waals surface area (Å²) in [6.07, 6.45) is 8.55. The topological polar surface area (TPSA) is 17.1 Å². The van der Waals surface area contributed by atoms with E-state index in [1.165, 1.54) is 24.8 Å². The Bertz CT molecular complexity index is 584. The van der Waals surface area contributed by atoms with Crippen molar-refractivity contribution in [3.63, 3.8) is 0 Å². The first-order chi connectivity index (χ1) is 10.8. The van der Waals surface area contributed by atoms with Crippen molar-refractivity contribution >= 4 is 5.78 Å². The van der Waals surface area contributed by atoms with Crippen molar-refractivity contribution < 1.29 is 4.79 Å². The average molecular weight is 292 g/mol. The molecule has 0 N–H and O–H groups in total. The number of carbonyl (C=O) groups excluding carboxylic acids is 1. The molecule has 1 atom stereocenters. The van der Waals surface area contributed by atoms with E-state index in [1.807, 2.05) is 36.4 Å². The fourth-order valence-electron chi connectivity index (χ4n) is 2.59. The summed E-state index contributed by atoms with van der Waals surface area (Å²) >= 11 is 0. The van der Waals surface area contributed by atoms with Crippen LogP contribution in [-0.4, -0.2) is 5.78 Å². The maximum Gasteiger partial charge on any atom is 0.185 e. The molecule has 1 nitrogen and oxygen atoms in total. The number of unbranched alkanes of at least 4 members (excludes halogenated alkanes) is 2. The fraction of sp³-hybridized carbons (Fsp3) is 0.286. The highest BCUT2D eigenvalue weighted by Crippen LogP contribution is 2.24. The Morgan fingerprint density at radius 2 is 1.59 bits per heavy atom. The SMILES string of the molecule is CCCCC[C@@H](/C=C/C(=O)c1ccccc1)c1ccccc1. The van der Waals surface area contributed by atoms with Crippen molar-refractivity contribution in [3.05, 3.63) is 83.9 Å². The molecule has 0 aromatic heterocycles. The number of hydrogen-bond acceptors (Lipinski definition) is 1. The van der Waals surface area contributed by atoms with Crippen molar-refractivity contribution in [3.8, 4) is 0 Å². The lowest BCUT2D eigenvalue weighted by atomic mass is 9.92. The maximum atomic E-state index is 12.2. The summed E-state index contributed by atoms with van der Waals surface area (Å²) < 4.78 is 0. The average Bonchev–Trinajstić information content (AvgIpc) is 2.59. The molecule has 0 fully saturated rings. The molecule has 22 heavy (non-hydrogen) atoms. The summed E-state index contributed by atoms with van der Waals surface area (Å²) in [7, 11) is 0. The molecule has 0 bridgehead atoms. The second-order valence-corrected chi connectivity index (χ2v) is 5.60. The Labute approximate surface area is 133 Å². The van der Waals surface area contributed by atoms with Crippen LogP contribution >= 0.6 is 0 Å². The zero-order chi connectivity index (χ0) is 15.6. The number of ketones is 1. The first kappa shape index (κ1) is 16.2. The zero-order valence-corrected chi connectivity index (χ0v) is 13.2. The molecule has 0 aliphatic carbocycles. The van der Waals surface area contributed by atoms with Crippen molar-refractivity contribution in [1.29, 1.82) is 0 Å². The fourth-order valence-corrected chi connectivity index (χ4v) is 2.59. The Hall–Kier alpha value is -2.15. The molecule has 2 aromatic carbocycles. The predicted molar refractivity (Wildman–Crippen MR) is 93.2 cm³/mol. The van der Waals surface area contributed by atoms with Crippen LogP contribution in [0.3, 0.4) is 0 Å². The number of rotatable bonds is 8. The third-order valence-corrected chi connectivity index (χ3v) is 3.88. The minimum atomic E-state index is 0.0806. The second-order valence-electron chi connectivity index (χ2n) is 5.60. The van der Waals surface area contributed by atoms with E-state index in [-0.39, 0.29) is 5.78 Å². The number of benzene rings is 2. The third kappa shape index (κ3) is 5.00. The summed E-state index contributed by atoms with van der Waals surface area (Å²) in [5.41, 5.74) is 2.04. The second kappa shape index (κ2) is 8.99. The van der Waals surface area contributed by atoms with E-state index < -0.39 is 0 Å². The van der Waals surface area contributed by atoms with Crippen molar-refractivity contribution in [1.82, 2.24) is 0 Å². The van der Waals surface area contributed by atoms with E-state index in [0.717, 1.165) is 12.0 Å². The van der Waals surface area contributed by atoms with Crippen LogP contribution in [-0.2, 0) is 0 Å². The molecule has 0 unspecified atom stereocenters. The number of allylic oxidation sites excluding steroid dienone is 2. The van der Waals surface area contributed by atoms with E-state index in [1.54, 1.807) is 6.08 Å². The molecule has 0 spiro atoms. The van der Waals surface area contributed by atoms with Gasteiger partial charge in [0.1, 0.15) is 0 Å². The van der Waals surface area contributed by atoms with Gasteiger partial charge in [0.05, 0.1) is 0 Å². The summed E-state index contributed by atoms with van der Waals surface area (Å²) in [5, 5.41) is 0. The minimum Gasteiger partial charge on any atom is -0.289 e. The standard InChI is InChI=1S/C21H24O/c1-2-3-6-11-19(18-12-7-4-8-13-18)16-17-21(22)20-14-9-5-10-15-20/h4-5,7-10,12-17,19H,2-3,6,11H2,1H3/b17-16+/t19-/m0/s1. The van der Waals surface area contributed by atoms with Crippen molar-refractivity contribution in [2.24, 2.45) is 0 Å². The van der Waals surface area contributed by atoms with Crippen LogP contribution in [0.4, 0.5) is 0 Å². The van der Waals surface area contributed by atoms with Gasteiger partial charge in [-0.3, -0.25) is 4.79 Å². The van der Waals surface area contributed by atoms with Crippen LogP contribution in [0.5, 0.6) is 0 Å². The zero-order valence-electron chi connectivity index (χ0n) is 13.2. The minimum absolute atomic E-state index is 0.0806. The van der Waals surface area contributed by atoms with E-state index in [2.05, 4.69) is 37.3 Å². The molecule has 0 aliphatic rings. The molecule has 0 saturated carbocycles. The largest absolute Gasteiger partial charge is 0.289 e. The van der Waals surface area contributed by atoms with E-state index >= 15 is 0 Å². The molecule has 0 amide bonds. The van der Waals surface area contributed by atoms with Gasteiger partial charge in [-0.2, -0.15) is 0 Å². The Morgan fingerprint density at radius 1 is 0.955 bits per heavy atom. The quantitative estimate of drug-likeness (QED) is 0.342. The van der Waals surface area contributed by atoms with Crippen LogP contribution in [0.15, 0.2) is 72.8 Å². The molecule has 1 heteroatoms. The lowest BCUT2D eigenvalue weighted by Crippen LogP contribution is -1.99. The number of hydrogen-bond donors (Lipinski definition) is 0. The summed E-state index contributed by atoms with van der Waals surface area (Å²) in [4.78, 5) is 12.2. The van der Waals surface area contributed by atoms with Crippen molar-refractivity contribution in [2.75, 3.05) is 0 Å². The summed E-state index contributed by atoms with van der Waals surface area (Å²) in [5.74, 6) is 0.400. The molecule has 114 valence electrons. The normalized spacial score (nSPS) is 12.4. The Morgan fingerprint density at radius 3 is 2.23 bits per heavy atom. The van der Waals surface area contributed by atoms with Crippen LogP contribution in [0.25, 0.3) is 0 Å². The summed E-state index contributed by atoms with van der Waals surface area (Å²) in [6.45, 7) is 2.21. The van der Waals surface area contributed by atoms with E-state index in [9.17, 15) is 4.79 Å². The highest BCUT2D eigenvalue weighted by atomic mass is 16.1. The number of carbonyl (C=O) groups is 1. The molecule has 0 saturated heterocycles. The van der Waals surface area contributed by atoms with Gasteiger partial charge in [0.15, 0.2) is 5.78 Å². The van der Waals surface area contributed by atoms with Gasteiger partial charge in [0, 0.05) is 11.5 Å². The van der Waals surface area contributed by atoms with Gasteiger partial charge >= 0.3 is 0 Å². The Balaban J connectivity index is 2.08. The molecule has 0 heterocycles. The van der Waals surface area contributed by atoms with Gasteiger partial charge < -0.3 is 0 Å². The van der Waals surface area contributed by atoms with Gasteiger partial charge in [-0.05, 0) is 18.1 Å². The van der Waals surface area contributed by atoms with Crippen LogP contribution in [0.2, 0.25) is 0 Å². The van der Waals surface area contributed by atoms with Gasteiger partial charge in [0.25, 0.3) is 0 Å². The van der Waals surface area contributed by atoms with Gasteiger partial charge in [-0.1, -0.05) is 92.9 Å². The van der Waals surface area contributed by atoms with Crippen LogP contribution < -0.4 is 0 Å². The molecule has 2 aromatic rings.